The summed E-state index contributed by atoms with van der Waals surface area (Å²) < 4.78 is 0. The predicted octanol–water partition coefficient (Wildman–Crippen LogP) is 3.51. The van der Waals surface area contributed by atoms with Crippen molar-refractivity contribution in [3.63, 3.8) is 0 Å². The molecule has 0 saturated carbocycles. The van der Waals surface area contributed by atoms with Crippen LogP contribution in [0.5, 0.6) is 0 Å². The van der Waals surface area contributed by atoms with Gasteiger partial charge in [0.25, 0.3) is 0 Å². The standard InChI is InChI=1S/C16H28N2/c1-5-7-11-18(6-2)16(14(4)17)15-10-8-9-13(3)12-15/h8-10,12,14,16H,5-7,11,17H2,1-4H3. The van der Waals surface area contributed by atoms with Crippen LogP contribution in [-0.4, -0.2) is 24.0 Å². The van der Waals surface area contributed by atoms with E-state index in [-0.39, 0.29) is 6.04 Å². The van der Waals surface area contributed by atoms with Crippen LogP contribution in [0.2, 0.25) is 0 Å². The molecule has 0 aliphatic carbocycles. The summed E-state index contributed by atoms with van der Waals surface area (Å²) >= 11 is 0. The first-order chi connectivity index (χ1) is 8.60. The van der Waals surface area contributed by atoms with Crippen LogP contribution >= 0.6 is 0 Å². The highest BCUT2D eigenvalue weighted by Crippen LogP contribution is 2.24. The Morgan fingerprint density at radius 1 is 1.28 bits per heavy atom. The minimum atomic E-state index is 0.156. The third-order valence-electron chi connectivity index (χ3n) is 3.48. The van der Waals surface area contributed by atoms with Crippen molar-refractivity contribution < 1.29 is 0 Å². The van der Waals surface area contributed by atoms with Crippen molar-refractivity contribution in [1.29, 1.82) is 0 Å². The predicted molar refractivity (Wildman–Crippen MR) is 79.7 cm³/mol. The minimum Gasteiger partial charge on any atom is -0.326 e. The van der Waals surface area contributed by atoms with Crippen LogP contribution in [0.1, 0.15) is 50.8 Å². The van der Waals surface area contributed by atoms with E-state index in [4.69, 9.17) is 5.73 Å². The van der Waals surface area contributed by atoms with Gasteiger partial charge in [-0.1, -0.05) is 50.1 Å². The molecule has 1 aromatic carbocycles. The van der Waals surface area contributed by atoms with Crippen LogP contribution in [0.3, 0.4) is 0 Å². The second-order valence-corrected chi connectivity index (χ2v) is 5.20. The molecule has 0 aromatic heterocycles. The maximum Gasteiger partial charge on any atom is 0.0496 e. The number of benzene rings is 1. The Kier molecular flexibility index (Phi) is 6.37. The smallest absolute Gasteiger partial charge is 0.0496 e. The minimum absolute atomic E-state index is 0.156. The summed E-state index contributed by atoms with van der Waals surface area (Å²) in [6, 6.07) is 9.24. The van der Waals surface area contributed by atoms with E-state index in [2.05, 4.69) is 56.9 Å². The summed E-state index contributed by atoms with van der Waals surface area (Å²) in [6.07, 6.45) is 2.47. The third kappa shape index (κ3) is 4.11. The molecule has 2 nitrogen and oxygen atoms in total. The average Bonchev–Trinajstić information content (AvgIpc) is 2.33. The average molecular weight is 248 g/mol. The largest absolute Gasteiger partial charge is 0.326 e. The zero-order valence-corrected chi connectivity index (χ0v) is 12.3. The molecule has 0 bridgehead atoms. The molecule has 1 aromatic rings. The molecule has 0 aliphatic heterocycles. The summed E-state index contributed by atoms with van der Waals surface area (Å²) in [6.45, 7) is 10.9. The van der Waals surface area contributed by atoms with Gasteiger partial charge in [0.1, 0.15) is 0 Å². The van der Waals surface area contributed by atoms with Gasteiger partial charge in [-0.2, -0.15) is 0 Å². The van der Waals surface area contributed by atoms with Crippen LogP contribution in [0.15, 0.2) is 24.3 Å². The molecule has 1 rings (SSSR count). The van der Waals surface area contributed by atoms with E-state index in [1.807, 2.05) is 0 Å². The lowest BCUT2D eigenvalue weighted by molar-refractivity contribution is 0.183. The van der Waals surface area contributed by atoms with Crippen molar-refractivity contribution in [2.24, 2.45) is 5.73 Å². The van der Waals surface area contributed by atoms with Gasteiger partial charge in [-0.05, 0) is 38.9 Å². The highest BCUT2D eigenvalue weighted by Gasteiger charge is 2.22. The van der Waals surface area contributed by atoms with Crippen LogP contribution in [0.4, 0.5) is 0 Å². The summed E-state index contributed by atoms with van der Waals surface area (Å²) in [5.41, 5.74) is 8.89. The number of likely N-dealkylation sites (N-methyl/N-ethyl adjacent to an activating group) is 1. The zero-order chi connectivity index (χ0) is 13.5. The maximum atomic E-state index is 6.23. The van der Waals surface area contributed by atoms with Gasteiger partial charge < -0.3 is 5.73 Å². The lowest BCUT2D eigenvalue weighted by atomic mass is 9.97. The normalized spacial score (nSPS) is 14.8. The lowest BCUT2D eigenvalue weighted by Crippen LogP contribution is -2.40. The fourth-order valence-corrected chi connectivity index (χ4v) is 2.56. The van der Waals surface area contributed by atoms with Crippen molar-refractivity contribution in [2.75, 3.05) is 13.1 Å². The number of nitrogens with zero attached hydrogens (tertiary/aromatic N) is 1. The first kappa shape index (κ1) is 15.2. The Bertz CT molecular complexity index is 347. The third-order valence-corrected chi connectivity index (χ3v) is 3.48. The molecule has 0 fully saturated rings. The Morgan fingerprint density at radius 3 is 2.50 bits per heavy atom. The lowest BCUT2D eigenvalue weighted by Gasteiger charge is -2.34. The van der Waals surface area contributed by atoms with E-state index in [1.54, 1.807) is 0 Å². The summed E-state index contributed by atoms with van der Waals surface area (Å²) in [5, 5.41) is 0. The summed E-state index contributed by atoms with van der Waals surface area (Å²) in [7, 11) is 0. The monoisotopic (exact) mass is 248 g/mol. The molecule has 2 unspecified atom stereocenters. The number of hydrogen-bond donors (Lipinski definition) is 1. The van der Waals surface area contributed by atoms with E-state index in [9.17, 15) is 0 Å². The SMILES string of the molecule is CCCCN(CC)C(c1cccc(C)c1)C(C)N. The molecule has 0 aliphatic rings. The molecule has 0 heterocycles. The topological polar surface area (TPSA) is 29.3 Å². The van der Waals surface area contributed by atoms with E-state index < -0.39 is 0 Å². The van der Waals surface area contributed by atoms with Crippen molar-refractivity contribution in [2.45, 2.75) is 52.6 Å². The van der Waals surface area contributed by atoms with Gasteiger partial charge in [0.2, 0.25) is 0 Å². The van der Waals surface area contributed by atoms with Crippen LogP contribution in [-0.2, 0) is 0 Å². The highest BCUT2D eigenvalue weighted by molar-refractivity contribution is 5.26. The Hall–Kier alpha value is -0.860. The molecule has 2 N–H and O–H groups in total. The molecule has 18 heavy (non-hydrogen) atoms. The molecule has 0 radical (unpaired) electrons. The molecule has 0 spiro atoms. The highest BCUT2D eigenvalue weighted by atomic mass is 15.2. The zero-order valence-electron chi connectivity index (χ0n) is 12.3. The van der Waals surface area contributed by atoms with Crippen LogP contribution < -0.4 is 5.73 Å². The van der Waals surface area contributed by atoms with E-state index in [0.717, 1.165) is 13.1 Å². The molecule has 102 valence electrons. The van der Waals surface area contributed by atoms with E-state index >= 15 is 0 Å². The Labute approximate surface area is 112 Å². The summed E-state index contributed by atoms with van der Waals surface area (Å²) in [4.78, 5) is 2.50. The van der Waals surface area contributed by atoms with E-state index in [0.29, 0.717) is 6.04 Å². The van der Waals surface area contributed by atoms with Gasteiger partial charge >= 0.3 is 0 Å². The van der Waals surface area contributed by atoms with Gasteiger partial charge in [-0.25, -0.2) is 0 Å². The quantitative estimate of drug-likeness (QED) is 0.800. The van der Waals surface area contributed by atoms with Gasteiger partial charge in [0.05, 0.1) is 0 Å². The fourth-order valence-electron chi connectivity index (χ4n) is 2.56. The van der Waals surface area contributed by atoms with Crippen molar-refractivity contribution in [3.05, 3.63) is 35.4 Å². The summed E-state index contributed by atoms with van der Waals surface area (Å²) in [5.74, 6) is 0. The molecule has 0 amide bonds. The molecule has 0 saturated heterocycles. The first-order valence-electron chi connectivity index (χ1n) is 7.16. The maximum absolute atomic E-state index is 6.23. The first-order valence-corrected chi connectivity index (χ1v) is 7.16. The van der Waals surface area contributed by atoms with Crippen molar-refractivity contribution in [1.82, 2.24) is 4.90 Å². The number of nitrogens with two attached hydrogens (primary N) is 1. The number of unbranched alkanes of at least 4 members (excludes halogenated alkanes) is 1. The van der Waals surface area contributed by atoms with Crippen LogP contribution in [0.25, 0.3) is 0 Å². The Morgan fingerprint density at radius 2 is 2.00 bits per heavy atom. The van der Waals surface area contributed by atoms with E-state index in [1.165, 1.54) is 24.0 Å². The molecule has 2 heteroatoms. The Balaban J connectivity index is 2.93. The molecular formula is C16H28N2. The van der Waals surface area contributed by atoms with Crippen molar-refractivity contribution in [3.8, 4) is 0 Å². The second-order valence-electron chi connectivity index (χ2n) is 5.20. The number of aryl methyl sites for hydroxylation is 1. The van der Waals surface area contributed by atoms with Gasteiger partial charge in [0, 0.05) is 12.1 Å². The fraction of sp³-hybridized carbons (Fsp3) is 0.625. The van der Waals surface area contributed by atoms with Crippen LogP contribution in [0, 0.1) is 6.92 Å². The molecular weight excluding hydrogens is 220 g/mol. The van der Waals surface area contributed by atoms with Crippen molar-refractivity contribution >= 4 is 0 Å². The number of rotatable bonds is 7. The number of hydrogen-bond acceptors (Lipinski definition) is 2. The van der Waals surface area contributed by atoms with Gasteiger partial charge in [0.15, 0.2) is 0 Å². The van der Waals surface area contributed by atoms with Gasteiger partial charge in [-0.3, -0.25) is 4.90 Å². The van der Waals surface area contributed by atoms with Gasteiger partial charge in [-0.15, -0.1) is 0 Å². The second kappa shape index (κ2) is 7.55. The molecule has 2 atom stereocenters.